The number of benzene rings is 2. The second kappa shape index (κ2) is 9.61. The molecule has 2 aliphatic rings. The van der Waals surface area contributed by atoms with Gasteiger partial charge in [-0.3, -0.25) is 9.59 Å². The Labute approximate surface area is 237 Å². The van der Waals surface area contributed by atoms with Crippen molar-refractivity contribution in [3.8, 4) is 11.1 Å². The Morgan fingerprint density at radius 2 is 1.66 bits per heavy atom. The molecular formula is C34H32N2O5. The van der Waals surface area contributed by atoms with Crippen molar-refractivity contribution in [3.63, 3.8) is 0 Å². The minimum Gasteiger partial charge on any atom is -0.460 e. The highest BCUT2D eigenvalue weighted by molar-refractivity contribution is 6.05. The number of fused-ring (bicyclic) bond motifs is 6. The number of likely N-dealkylation sites (tertiary alicyclic amines) is 1. The molecule has 0 spiro atoms. The van der Waals surface area contributed by atoms with Crippen molar-refractivity contribution in [3.05, 3.63) is 104 Å². The van der Waals surface area contributed by atoms with E-state index >= 15 is 0 Å². The molecule has 0 saturated carbocycles. The third-order valence-electron chi connectivity index (χ3n) is 9.12. The lowest BCUT2D eigenvalue weighted by molar-refractivity contribution is -0.133. The predicted octanol–water partition coefficient (Wildman–Crippen LogP) is 5.87. The largest absolute Gasteiger partial charge is 0.460 e. The monoisotopic (exact) mass is 548 g/mol. The van der Waals surface area contributed by atoms with Crippen molar-refractivity contribution in [2.75, 3.05) is 13.1 Å². The van der Waals surface area contributed by atoms with Crippen LogP contribution >= 0.6 is 0 Å². The highest BCUT2D eigenvalue weighted by Gasteiger charge is 2.36. The van der Waals surface area contributed by atoms with Gasteiger partial charge in [0.1, 0.15) is 16.9 Å². The van der Waals surface area contributed by atoms with Gasteiger partial charge in [0.2, 0.25) is 5.91 Å². The Kier molecular flexibility index (Phi) is 6.00. The van der Waals surface area contributed by atoms with E-state index in [-0.39, 0.29) is 29.7 Å². The smallest absolute Gasteiger partial charge is 0.339 e. The number of hydrogen-bond acceptors (Lipinski definition) is 5. The van der Waals surface area contributed by atoms with Crippen LogP contribution in [0, 0.1) is 26.7 Å². The Hall–Kier alpha value is -4.39. The maximum absolute atomic E-state index is 13.4. The van der Waals surface area contributed by atoms with E-state index in [1.54, 1.807) is 12.1 Å². The molecule has 5 heterocycles. The summed E-state index contributed by atoms with van der Waals surface area (Å²) in [5.74, 6) is 1.28. The third-order valence-corrected chi connectivity index (χ3v) is 9.12. The van der Waals surface area contributed by atoms with Gasteiger partial charge in [0, 0.05) is 71.2 Å². The Morgan fingerprint density at radius 1 is 0.878 bits per heavy atom. The third kappa shape index (κ3) is 4.14. The SMILES string of the molecule is Cc1oc2c(C)c3oc(=O)c(CCC(=O)N4C[C@@H]5C[C@@H](C4)c4cccc(=O)n4C5)c(C)c3cc2c1-c1ccccc1. The number of nitrogens with zero attached hydrogens (tertiary/aromatic N) is 2. The molecule has 5 aromatic rings. The molecule has 0 N–H and O–H groups in total. The molecule has 3 aromatic heterocycles. The predicted molar refractivity (Wildman–Crippen MR) is 158 cm³/mol. The molecule has 7 heteroatoms. The quantitative estimate of drug-likeness (QED) is 0.262. The van der Waals surface area contributed by atoms with Gasteiger partial charge < -0.3 is 18.3 Å². The highest BCUT2D eigenvalue weighted by Crippen LogP contribution is 2.40. The molecule has 2 aromatic carbocycles. The van der Waals surface area contributed by atoms with E-state index in [9.17, 15) is 14.4 Å². The van der Waals surface area contributed by atoms with Crippen molar-refractivity contribution >= 4 is 27.8 Å². The van der Waals surface area contributed by atoms with Gasteiger partial charge in [0.25, 0.3) is 5.56 Å². The zero-order chi connectivity index (χ0) is 28.4. The van der Waals surface area contributed by atoms with E-state index in [2.05, 4.69) is 18.2 Å². The second-order valence-electron chi connectivity index (χ2n) is 11.6. The Balaban J connectivity index is 1.19. The number of carbonyl (C=O) groups is 1. The van der Waals surface area contributed by atoms with Gasteiger partial charge in [0.15, 0.2) is 0 Å². The zero-order valence-electron chi connectivity index (χ0n) is 23.5. The first-order chi connectivity index (χ1) is 19.8. The first-order valence-corrected chi connectivity index (χ1v) is 14.3. The van der Waals surface area contributed by atoms with Crippen molar-refractivity contribution in [2.24, 2.45) is 5.92 Å². The van der Waals surface area contributed by atoms with Crippen molar-refractivity contribution < 1.29 is 13.6 Å². The van der Waals surface area contributed by atoms with Gasteiger partial charge in [-0.15, -0.1) is 0 Å². The molecule has 208 valence electrons. The van der Waals surface area contributed by atoms with Gasteiger partial charge >= 0.3 is 5.63 Å². The Bertz CT molecular complexity index is 1960. The Morgan fingerprint density at radius 3 is 2.46 bits per heavy atom. The van der Waals surface area contributed by atoms with Gasteiger partial charge in [-0.1, -0.05) is 36.4 Å². The van der Waals surface area contributed by atoms with Crippen LogP contribution in [0.2, 0.25) is 0 Å². The van der Waals surface area contributed by atoms with E-state index in [1.807, 2.05) is 54.5 Å². The summed E-state index contributed by atoms with van der Waals surface area (Å²) in [4.78, 5) is 40.9. The fourth-order valence-corrected chi connectivity index (χ4v) is 7.12. The lowest BCUT2D eigenvalue weighted by Crippen LogP contribution is -2.49. The van der Waals surface area contributed by atoms with E-state index in [4.69, 9.17) is 8.83 Å². The molecule has 7 nitrogen and oxygen atoms in total. The van der Waals surface area contributed by atoms with E-state index in [0.29, 0.717) is 37.2 Å². The van der Waals surface area contributed by atoms with Gasteiger partial charge in [-0.25, -0.2) is 4.79 Å². The number of piperidine rings is 1. The number of aromatic nitrogens is 1. The molecule has 2 atom stereocenters. The molecular weight excluding hydrogens is 516 g/mol. The van der Waals surface area contributed by atoms with Crippen LogP contribution in [0.25, 0.3) is 33.1 Å². The van der Waals surface area contributed by atoms with Crippen LogP contribution < -0.4 is 11.2 Å². The molecule has 1 saturated heterocycles. The van der Waals surface area contributed by atoms with Crippen LogP contribution in [0.15, 0.2) is 73.0 Å². The van der Waals surface area contributed by atoms with Crippen LogP contribution in [0.3, 0.4) is 0 Å². The average Bonchev–Trinajstić information content (AvgIpc) is 3.30. The molecule has 2 bridgehead atoms. The maximum Gasteiger partial charge on any atom is 0.339 e. The molecule has 1 amide bonds. The fraction of sp³-hybridized carbons (Fsp3) is 0.324. The summed E-state index contributed by atoms with van der Waals surface area (Å²) < 4.78 is 13.9. The lowest BCUT2D eigenvalue weighted by Gasteiger charge is -2.42. The number of pyridine rings is 1. The topological polar surface area (TPSA) is 85.7 Å². The van der Waals surface area contributed by atoms with Gasteiger partial charge in [-0.05, 0) is 62.8 Å². The summed E-state index contributed by atoms with van der Waals surface area (Å²) in [7, 11) is 0. The van der Waals surface area contributed by atoms with Crippen LogP contribution in [0.4, 0.5) is 0 Å². The standard InChI is InChI=1S/C34H32N2O5/c1-19-25(12-13-29(37)35-16-22-14-24(18-35)28-10-7-11-30(38)36(28)17-22)34(39)41-32-20(2)33-27(15-26(19)32)31(21(3)40-33)23-8-5-4-6-9-23/h4-11,15,22,24H,12-14,16-18H2,1-3H3/t22-,24-/m0/s1. The second-order valence-corrected chi connectivity index (χ2v) is 11.6. The van der Waals surface area contributed by atoms with Gasteiger partial charge in [0.05, 0.1) is 0 Å². The van der Waals surface area contributed by atoms with E-state index in [0.717, 1.165) is 56.5 Å². The summed E-state index contributed by atoms with van der Waals surface area (Å²) in [6, 6.07) is 17.6. The molecule has 0 aliphatic carbocycles. The van der Waals surface area contributed by atoms with Crippen LogP contribution in [-0.2, 0) is 17.8 Å². The molecule has 2 aliphatic heterocycles. The minimum absolute atomic E-state index is 0.0319. The van der Waals surface area contributed by atoms with Crippen LogP contribution in [-0.4, -0.2) is 28.5 Å². The lowest BCUT2D eigenvalue weighted by atomic mass is 9.83. The molecule has 7 rings (SSSR count). The summed E-state index contributed by atoms with van der Waals surface area (Å²) in [5.41, 5.74) is 6.18. The van der Waals surface area contributed by atoms with Gasteiger partial charge in [-0.2, -0.15) is 0 Å². The van der Waals surface area contributed by atoms with Crippen LogP contribution in [0.5, 0.6) is 0 Å². The molecule has 41 heavy (non-hydrogen) atoms. The van der Waals surface area contributed by atoms with Crippen LogP contribution in [0.1, 0.15) is 46.9 Å². The number of carbonyl (C=O) groups excluding carboxylic acids is 1. The fourth-order valence-electron chi connectivity index (χ4n) is 7.12. The first-order valence-electron chi connectivity index (χ1n) is 14.3. The maximum atomic E-state index is 13.4. The first kappa shape index (κ1) is 25.6. The van der Waals surface area contributed by atoms with Crippen molar-refractivity contribution in [1.29, 1.82) is 0 Å². The highest BCUT2D eigenvalue weighted by atomic mass is 16.4. The molecule has 0 radical (unpaired) electrons. The number of furan rings is 1. The number of amides is 1. The normalized spacial score (nSPS) is 18.2. The molecule has 1 fully saturated rings. The zero-order valence-corrected chi connectivity index (χ0v) is 23.5. The summed E-state index contributed by atoms with van der Waals surface area (Å²) in [5, 5.41) is 1.85. The summed E-state index contributed by atoms with van der Waals surface area (Å²) in [6.45, 7) is 7.71. The average molecular weight is 549 g/mol. The summed E-state index contributed by atoms with van der Waals surface area (Å²) >= 11 is 0. The van der Waals surface area contributed by atoms with Crippen molar-refractivity contribution in [1.82, 2.24) is 9.47 Å². The summed E-state index contributed by atoms with van der Waals surface area (Å²) in [6.07, 6.45) is 1.55. The number of hydrogen-bond donors (Lipinski definition) is 0. The number of rotatable bonds is 4. The van der Waals surface area contributed by atoms with E-state index < -0.39 is 5.63 Å². The minimum atomic E-state index is -0.402. The van der Waals surface area contributed by atoms with Crippen molar-refractivity contribution in [2.45, 2.75) is 52.5 Å². The number of aryl methyl sites for hydroxylation is 3. The van der Waals surface area contributed by atoms with E-state index in [1.165, 1.54) is 0 Å². The molecule has 0 unspecified atom stereocenters.